The third kappa shape index (κ3) is 3.90. The monoisotopic (exact) mass is 321 g/mol. The maximum Gasteiger partial charge on any atom is 0.191 e. The van der Waals surface area contributed by atoms with Gasteiger partial charge in [-0.15, -0.1) is 10.2 Å². The standard InChI is InChI=1S/C19H19N3S/c1-15-10-12-17(13-11-15)18-20-21-19(22(18)2)23-14-6-9-16-7-4-3-5-8-16/h3-13H,14H2,1-2H3/b9-6+. The van der Waals surface area contributed by atoms with Gasteiger partial charge in [0.1, 0.15) is 0 Å². The van der Waals surface area contributed by atoms with Gasteiger partial charge in [-0.1, -0.05) is 84.1 Å². The summed E-state index contributed by atoms with van der Waals surface area (Å²) in [6.45, 7) is 2.08. The van der Waals surface area contributed by atoms with E-state index < -0.39 is 0 Å². The van der Waals surface area contributed by atoms with Gasteiger partial charge in [0, 0.05) is 18.4 Å². The largest absolute Gasteiger partial charge is 0.305 e. The Hall–Kier alpha value is -2.33. The van der Waals surface area contributed by atoms with Crippen LogP contribution in [-0.4, -0.2) is 20.5 Å². The van der Waals surface area contributed by atoms with Crippen molar-refractivity contribution in [2.75, 3.05) is 5.75 Å². The van der Waals surface area contributed by atoms with Gasteiger partial charge in [0.25, 0.3) is 0 Å². The first kappa shape index (κ1) is 15.6. The third-order valence-electron chi connectivity index (χ3n) is 3.56. The number of nitrogens with zero attached hydrogens (tertiary/aromatic N) is 3. The summed E-state index contributed by atoms with van der Waals surface area (Å²) >= 11 is 1.69. The zero-order chi connectivity index (χ0) is 16.1. The van der Waals surface area contributed by atoms with Gasteiger partial charge in [0.2, 0.25) is 0 Å². The minimum atomic E-state index is 0.870. The van der Waals surface area contributed by atoms with E-state index in [1.165, 1.54) is 11.1 Å². The van der Waals surface area contributed by atoms with Crippen LogP contribution in [0.4, 0.5) is 0 Å². The van der Waals surface area contributed by atoms with Crippen LogP contribution in [0, 0.1) is 6.92 Å². The molecule has 23 heavy (non-hydrogen) atoms. The normalized spacial score (nSPS) is 11.2. The van der Waals surface area contributed by atoms with E-state index >= 15 is 0 Å². The minimum absolute atomic E-state index is 0.870. The van der Waals surface area contributed by atoms with E-state index in [0.29, 0.717) is 0 Å². The predicted molar refractivity (Wildman–Crippen MR) is 97.4 cm³/mol. The summed E-state index contributed by atoms with van der Waals surface area (Å²) in [5.74, 6) is 1.77. The molecular formula is C19H19N3S. The Labute approximate surface area is 141 Å². The Kier molecular flexibility index (Phi) is 4.93. The molecule has 3 rings (SSSR count). The molecule has 0 saturated heterocycles. The molecule has 0 N–H and O–H groups in total. The van der Waals surface area contributed by atoms with Crippen LogP contribution in [0.2, 0.25) is 0 Å². The zero-order valence-corrected chi connectivity index (χ0v) is 14.1. The van der Waals surface area contributed by atoms with Crippen molar-refractivity contribution in [3.8, 4) is 11.4 Å². The summed E-state index contributed by atoms with van der Waals surface area (Å²) in [5, 5.41) is 9.55. The van der Waals surface area contributed by atoms with Crippen LogP contribution in [-0.2, 0) is 7.05 Å². The Morgan fingerprint density at radius 2 is 1.74 bits per heavy atom. The van der Waals surface area contributed by atoms with Gasteiger partial charge in [0.15, 0.2) is 11.0 Å². The van der Waals surface area contributed by atoms with Crippen LogP contribution in [0.1, 0.15) is 11.1 Å². The second kappa shape index (κ2) is 7.29. The van der Waals surface area contributed by atoms with E-state index in [1.54, 1.807) is 11.8 Å². The molecule has 0 aliphatic heterocycles. The summed E-state index contributed by atoms with van der Waals surface area (Å²) in [6, 6.07) is 18.7. The maximum absolute atomic E-state index is 4.32. The number of aryl methyl sites for hydroxylation is 1. The van der Waals surface area contributed by atoms with E-state index in [0.717, 1.165) is 22.3 Å². The molecule has 0 amide bonds. The van der Waals surface area contributed by atoms with Crippen molar-refractivity contribution >= 4 is 17.8 Å². The lowest BCUT2D eigenvalue weighted by molar-refractivity contribution is 0.795. The number of aromatic nitrogens is 3. The molecule has 3 aromatic rings. The van der Waals surface area contributed by atoms with Crippen molar-refractivity contribution in [2.24, 2.45) is 7.05 Å². The van der Waals surface area contributed by atoms with Crippen LogP contribution in [0.5, 0.6) is 0 Å². The molecule has 0 aliphatic carbocycles. The summed E-state index contributed by atoms with van der Waals surface area (Å²) < 4.78 is 2.05. The molecule has 0 atom stereocenters. The Bertz CT molecular complexity index is 789. The number of hydrogen-bond donors (Lipinski definition) is 0. The third-order valence-corrected chi connectivity index (χ3v) is 4.54. The molecule has 0 saturated carbocycles. The molecule has 0 fully saturated rings. The predicted octanol–water partition coefficient (Wildman–Crippen LogP) is 4.60. The van der Waals surface area contributed by atoms with Crippen molar-refractivity contribution in [2.45, 2.75) is 12.1 Å². The molecule has 0 spiro atoms. The van der Waals surface area contributed by atoms with E-state index in [-0.39, 0.29) is 0 Å². The summed E-state index contributed by atoms with van der Waals surface area (Å²) in [6.07, 6.45) is 4.28. The molecule has 0 radical (unpaired) electrons. The van der Waals surface area contributed by atoms with Gasteiger partial charge in [-0.25, -0.2) is 0 Å². The van der Waals surface area contributed by atoms with Crippen LogP contribution < -0.4 is 0 Å². The van der Waals surface area contributed by atoms with Gasteiger partial charge in [-0.3, -0.25) is 0 Å². The van der Waals surface area contributed by atoms with E-state index in [2.05, 4.69) is 65.7 Å². The molecule has 116 valence electrons. The summed E-state index contributed by atoms with van der Waals surface area (Å²) in [7, 11) is 2.01. The summed E-state index contributed by atoms with van der Waals surface area (Å²) in [4.78, 5) is 0. The van der Waals surface area contributed by atoms with Crippen molar-refractivity contribution in [3.05, 3.63) is 71.8 Å². The topological polar surface area (TPSA) is 30.7 Å². The molecule has 2 aromatic carbocycles. The van der Waals surface area contributed by atoms with Crippen LogP contribution in [0.3, 0.4) is 0 Å². The fourth-order valence-corrected chi connectivity index (χ4v) is 2.99. The summed E-state index contributed by atoms with van der Waals surface area (Å²) in [5.41, 5.74) is 3.56. The average Bonchev–Trinajstić information content (AvgIpc) is 2.94. The highest BCUT2D eigenvalue weighted by atomic mass is 32.2. The lowest BCUT2D eigenvalue weighted by atomic mass is 10.1. The molecule has 0 unspecified atom stereocenters. The lowest BCUT2D eigenvalue weighted by Gasteiger charge is -2.03. The molecule has 0 bridgehead atoms. The Morgan fingerprint density at radius 1 is 1.00 bits per heavy atom. The second-order valence-corrected chi connectivity index (χ2v) is 6.34. The molecule has 3 nitrogen and oxygen atoms in total. The highest BCUT2D eigenvalue weighted by Gasteiger charge is 2.10. The quantitative estimate of drug-likeness (QED) is 0.644. The second-order valence-electron chi connectivity index (χ2n) is 5.36. The van der Waals surface area contributed by atoms with Crippen molar-refractivity contribution in [1.82, 2.24) is 14.8 Å². The highest BCUT2D eigenvalue weighted by molar-refractivity contribution is 7.99. The average molecular weight is 321 g/mol. The first-order chi connectivity index (χ1) is 11.2. The minimum Gasteiger partial charge on any atom is -0.305 e. The number of rotatable bonds is 5. The SMILES string of the molecule is Cc1ccc(-c2nnc(SC/C=C/c3ccccc3)n2C)cc1. The molecular weight excluding hydrogens is 302 g/mol. The lowest BCUT2D eigenvalue weighted by Crippen LogP contribution is -1.94. The number of benzene rings is 2. The zero-order valence-electron chi connectivity index (χ0n) is 13.3. The van der Waals surface area contributed by atoms with Gasteiger partial charge in [-0.2, -0.15) is 0 Å². The fourth-order valence-electron chi connectivity index (χ4n) is 2.27. The molecule has 1 heterocycles. The molecule has 4 heteroatoms. The van der Waals surface area contributed by atoms with Crippen molar-refractivity contribution in [3.63, 3.8) is 0 Å². The molecule has 1 aromatic heterocycles. The fraction of sp³-hybridized carbons (Fsp3) is 0.158. The van der Waals surface area contributed by atoms with E-state index in [1.807, 2.05) is 29.8 Å². The van der Waals surface area contributed by atoms with Crippen molar-refractivity contribution < 1.29 is 0 Å². The maximum atomic E-state index is 4.32. The Balaban J connectivity index is 1.65. The van der Waals surface area contributed by atoms with Crippen LogP contribution >= 0.6 is 11.8 Å². The van der Waals surface area contributed by atoms with Crippen LogP contribution in [0.15, 0.2) is 65.8 Å². The van der Waals surface area contributed by atoms with E-state index in [9.17, 15) is 0 Å². The number of hydrogen-bond acceptors (Lipinski definition) is 3. The van der Waals surface area contributed by atoms with Gasteiger partial charge >= 0.3 is 0 Å². The first-order valence-corrected chi connectivity index (χ1v) is 8.53. The Morgan fingerprint density at radius 3 is 2.48 bits per heavy atom. The van der Waals surface area contributed by atoms with Gasteiger partial charge < -0.3 is 4.57 Å². The van der Waals surface area contributed by atoms with E-state index in [4.69, 9.17) is 0 Å². The highest BCUT2D eigenvalue weighted by Crippen LogP contribution is 2.23. The van der Waals surface area contributed by atoms with Crippen molar-refractivity contribution in [1.29, 1.82) is 0 Å². The van der Waals surface area contributed by atoms with Gasteiger partial charge in [0.05, 0.1) is 0 Å². The molecule has 0 aliphatic rings. The van der Waals surface area contributed by atoms with Crippen LogP contribution in [0.25, 0.3) is 17.5 Å². The first-order valence-electron chi connectivity index (χ1n) is 7.55. The van der Waals surface area contributed by atoms with Gasteiger partial charge in [-0.05, 0) is 12.5 Å². The smallest absolute Gasteiger partial charge is 0.191 e. The number of thioether (sulfide) groups is 1.